The van der Waals surface area contributed by atoms with Gasteiger partial charge in [-0.05, 0) is 51.6 Å². The van der Waals surface area contributed by atoms with Gasteiger partial charge in [0.05, 0.1) is 5.60 Å². The van der Waals surface area contributed by atoms with Gasteiger partial charge in [-0.3, -0.25) is 0 Å². The second-order valence-electron chi connectivity index (χ2n) is 6.16. The first-order chi connectivity index (χ1) is 8.72. The molecule has 1 aliphatic carbocycles. The number of hydrogen-bond donors (Lipinski definition) is 1. The fourth-order valence-corrected chi connectivity index (χ4v) is 3.38. The fourth-order valence-electron chi connectivity index (χ4n) is 3.38. The lowest BCUT2D eigenvalue weighted by molar-refractivity contribution is -0.0357. The summed E-state index contributed by atoms with van der Waals surface area (Å²) < 4.78 is 5.51. The van der Waals surface area contributed by atoms with Gasteiger partial charge < -0.3 is 14.7 Å². The molecule has 2 fully saturated rings. The molecule has 2 aliphatic rings. The Morgan fingerprint density at radius 2 is 1.83 bits per heavy atom. The number of aliphatic hydroxyl groups is 1. The van der Waals surface area contributed by atoms with E-state index < -0.39 is 0 Å². The van der Waals surface area contributed by atoms with Crippen LogP contribution < -0.4 is 0 Å². The lowest BCUT2D eigenvalue weighted by Crippen LogP contribution is -2.47. The highest BCUT2D eigenvalue weighted by Gasteiger charge is 2.32. The topological polar surface area (TPSA) is 32.7 Å². The summed E-state index contributed by atoms with van der Waals surface area (Å²) in [6.07, 6.45) is 8.19. The Balaban J connectivity index is 1.69. The molecule has 0 spiro atoms. The molecule has 0 amide bonds. The van der Waals surface area contributed by atoms with Crippen molar-refractivity contribution in [3.63, 3.8) is 0 Å². The molecular formula is C15H29NO2. The maximum absolute atomic E-state index is 10.6. The van der Waals surface area contributed by atoms with Crippen molar-refractivity contribution >= 4 is 0 Å². The molecule has 0 atom stereocenters. The van der Waals surface area contributed by atoms with E-state index in [-0.39, 0.29) is 5.60 Å². The van der Waals surface area contributed by atoms with Gasteiger partial charge in [0.25, 0.3) is 0 Å². The summed E-state index contributed by atoms with van der Waals surface area (Å²) in [4.78, 5) is 2.47. The van der Waals surface area contributed by atoms with Crippen LogP contribution in [-0.2, 0) is 4.74 Å². The minimum Gasteiger partial charge on any atom is -0.389 e. The first kappa shape index (κ1) is 14.3. The molecule has 0 aromatic carbocycles. The summed E-state index contributed by atoms with van der Waals surface area (Å²) in [6.45, 7) is 7.00. The highest BCUT2D eigenvalue weighted by atomic mass is 16.5. The summed E-state index contributed by atoms with van der Waals surface area (Å²) in [6, 6.07) is 0. The van der Waals surface area contributed by atoms with Gasteiger partial charge in [0.2, 0.25) is 0 Å². The quantitative estimate of drug-likeness (QED) is 0.819. The van der Waals surface area contributed by atoms with E-state index in [0.717, 1.165) is 51.6 Å². The molecule has 0 aromatic heterocycles. The molecule has 1 saturated carbocycles. The third-order valence-electron chi connectivity index (χ3n) is 4.57. The summed E-state index contributed by atoms with van der Waals surface area (Å²) in [5.41, 5.74) is -0.384. The van der Waals surface area contributed by atoms with Crippen LogP contribution in [0, 0.1) is 5.92 Å². The summed E-state index contributed by atoms with van der Waals surface area (Å²) in [5, 5.41) is 10.6. The van der Waals surface area contributed by atoms with E-state index in [4.69, 9.17) is 4.74 Å². The van der Waals surface area contributed by atoms with Gasteiger partial charge in [0, 0.05) is 19.8 Å². The second kappa shape index (κ2) is 6.88. The van der Waals surface area contributed by atoms with Gasteiger partial charge in [0.15, 0.2) is 0 Å². The average molecular weight is 255 g/mol. The number of β-amino-alcohol motifs (C(OH)–C–C–N with tert-alkyl or cyclic N) is 1. The Hall–Kier alpha value is -0.120. The van der Waals surface area contributed by atoms with Crippen LogP contribution in [0.3, 0.4) is 0 Å². The van der Waals surface area contributed by atoms with E-state index in [1.54, 1.807) is 0 Å². The van der Waals surface area contributed by atoms with Crippen LogP contribution in [0.15, 0.2) is 0 Å². The SMILES string of the molecule is CCOCC1CCN(CC2(O)CCCCC2)CC1. The average Bonchev–Trinajstić information content (AvgIpc) is 2.38. The third-order valence-corrected chi connectivity index (χ3v) is 4.57. The van der Waals surface area contributed by atoms with Gasteiger partial charge in [-0.1, -0.05) is 19.3 Å². The van der Waals surface area contributed by atoms with Gasteiger partial charge in [-0.2, -0.15) is 0 Å². The zero-order chi connectivity index (χ0) is 12.8. The van der Waals surface area contributed by atoms with E-state index in [1.165, 1.54) is 32.1 Å². The van der Waals surface area contributed by atoms with E-state index in [1.807, 2.05) is 0 Å². The summed E-state index contributed by atoms with van der Waals surface area (Å²) in [7, 11) is 0. The van der Waals surface area contributed by atoms with E-state index >= 15 is 0 Å². The molecule has 1 heterocycles. The molecule has 0 radical (unpaired) electrons. The minimum atomic E-state index is -0.384. The predicted molar refractivity (Wildman–Crippen MR) is 73.7 cm³/mol. The number of ether oxygens (including phenoxy) is 1. The van der Waals surface area contributed by atoms with Crippen LogP contribution in [0.4, 0.5) is 0 Å². The third kappa shape index (κ3) is 4.22. The van der Waals surface area contributed by atoms with E-state index in [0.29, 0.717) is 0 Å². The Labute approximate surface area is 112 Å². The molecule has 106 valence electrons. The zero-order valence-electron chi connectivity index (χ0n) is 11.9. The highest BCUT2D eigenvalue weighted by molar-refractivity contribution is 4.87. The Morgan fingerprint density at radius 3 is 2.44 bits per heavy atom. The fraction of sp³-hybridized carbons (Fsp3) is 1.00. The van der Waals surface area contributed by atoms with Gasteiger partial charge in [0.1, 0.15) is 0 Å². The van der Waals surface area contributed by atoms with Crippen molar-refractivity contribution in [2.24, 2.45) is 5.92 Å². The van der Waals surface area contributed by atoms with Crippen LogP contribution in [-0.4, -0.2) is 48.5 Å². The zero-order valence-corrected chi connectivity index (χ0v) is 11.9. The first-order valence-corrected chi connectivity index (χ1v) is 7.74. The van der Waals surface area contributed by atoms with Crippen LogP contribution in [0.5, 0.6) is 0 Å². The first-order valence-electron chi connectivity index (χ1n) is 7.74. The van der Waals surface area contributed by atoms with Crippen LogP contribution in [0.2, 0.25) is 0 Å². The summed E-state index contributed by atoms with van der Waals surface area (Å²) >= 11 is 0. The molecule has 0 unspecified atom stereocenters. The van der Waals surface area contributed by atoms with Crippen LogP contribution in [0.1, 0.15) is 51.9 Å². The van der Waals surface area contributed by atoms with E-state index in [2.05, 4.69) is 11.8 Å². The van der Waals surface area contributed by atoms with Gasteiger partial charge in [-0.25, -0.2) is 0 Å². The molecule has 3 heteroatoms. The Bertz CT molecular complexity index is 231. The van der Waals surface area contributed by atoms with Crippen molar-refractivity contribution in [3.05, 3.63) is 0 Å². The molecule has 0 aromatic rings. The molecule has 2 rings (SSSR count). The molecular weight excluding hydrogens is 226 g/mol. The predicted octanol–water partition coefficient (Wildman–Crippen LogP) is 2.43. The molecule has 1 saturated heterocycles. The van der Waals surface area contributed by atoms with Crippen molar-refractivity contribution in [2.75, 3.05) is 32.8 Å². The van der Waals surface area contributed by atoms with Crippen molar-refractivity contribution < 1.29 is 9.84 Å². The smallest absolute Gasteiger partial charge is 0.0774 e. The number of likely N-dealkylation sites (tertiary alicyclic amines) is 1. The van der Waals surface area contributed by atoms with Crippen molar-refractivity contribution in [3.8, 4) is 0 Å². The maximum Gasteiger partial charge on any atom is 0.0774 e. The van der Waals surface area contributed by atoms with E-state index in [9.17, 15) is 5.11 Å². The normalized spacial score (nSPS) is 26.3. The number of rotatable bonds is 5. The number of piperidine rings is 1. The highest BCUT2D eigenvalue weighted by Crippen LogP contribution is 2.30. The second-order valence-corrected chi connectivity index (χ2v) is 6.16. The molecule has 0 bridgehead atoms. The maximum atomic E-state index is 10.6. The lowest BCUT2D eigenvalue weighted by Gasteiger charge is -2.40. The van der Waals surface area contributed by atoms with Gasteiger partial charge >= 0.3 is 0 Å². The summed E-state index contributed by atoms with van der Waals surface area (Å²) in [5.74, 6) is 0.738. The van der Waals surface area contributed by atoms with Crippen molar-refractivity contribution in [1.82, 2.24) is 4.90 Å². The largest absolute Gasteiger partial charge is 0.389 e. The molecule has 3 nitrogen and oxygen atoms in total. The molecule has 1 aliphatic heterocycles. The Morgan fingerprint density at radius 1 is 1.17 bits per heavy atom. The monoisotopic (exact) mass is 255 g/mol. The Kier molecular flexibility index (Phi) is 5.46. The lowest BCUT2D eigenvalue weighted by atomic mass is 9.84. The molecule has 18 heavy (non-hydrogen) atoms. The molecule has 1 N–H and O–H groups in total. The van der Waals surface area contributed by atoms with Crippen molar-refractivity contribution in [2.45, 2.75) is 57.5 Å². The van der Waals surface area contributed by atoms with Gasteiger partial charge in [-0.15, -0.1) is 0 Å². The van der Waals surface area contributed by atoms with Crippen LogP contribution in [0.25, 0.3) is 0 Å². The minimum absolute atomic E-state index is 0.384. The number of hydrogen-bond acceptors (Lipinski definition) is 3. The standard InChI is InChI=1S/C15H29NO2/c1-2-18-12-14-6-10-16(11-7-14)13-15(17)8-4-3-5-9-15/h14,17H,2-13H2,1H3. The van der Waals surface area contributed by atoms with Crippen LogP contribution >= 0.6 is 0 Å². The number of nitrogens with zero attached hydrogens (tertiary/aromatic N) is 1. The van der Waals surface area contributed by atoms with Crippen molar-refractivity contribution in [1.29, 1.82) is 0 Å².